The molecule has 0 heterocycles. The second-order valence-corrected chi connectivity index (χ2v) is 5.44. The third-order valence-electron chi connectivity index (χ3n) is 2.04. The molecule has 0 radical (unpaired) electrons. The molecule has 0 fully saturated rings. The summed E-state index contributed by atoms with van der Waals surface area (Å²) < 4.78 is 10.2. The van der Waals surface area contributed by atoms with E-state index in [2.05, 4.69) is 0 Å². The van der Waals surface area contributed by atoms with E-state index in [1.807, 2.05) is 0 Å². The highest BCUT2D eigenvalue weighted by molar-refractivity contribution is 7.58. The number of hydrogen-bond donors (Lipinski definition) is 0. The monoisotopic (exact) mass is 258 g/mol. The Morgan fingerprint density at radius 2 is 1.65 bits per heavy atom. The van der Waals surface area contributed by atoms with Crippen LogP contribution in [0.15, 0.2) is 18.2 Å². The van der Waals surface area contributed by atoms with E-state index in [4.69, 9.17) is 9.05 Å². The van der Waals surface area contributed by atoms with Gasteiger partial charge in [0, 0.05) is 0 Å². The van der Waals surface area contributed by atoms with Gasteiger partial charge in [0.05, 0.1) is 13.2 Å². The first-order chi connectivity index (χ1) is 8.00. The van der Waals surface area contributed by atoms with Gasteiger partial charge in [0.25, 0.3) is 0 Å². The fraction of sp³-hybridized carbons (Fsp3) is 0.455. The number of hydrogen-bond acceptors (Lipinski definition) is 5. The fourth-order valence-electron chi connectivity index (χ4n) is 1.40. The molecule has 0 N–H and O–H groups in total. The van der Waals surface area contributed by atoms with Crippen molar-refractivity contribution in [3.63, 3.8) is 0 Å². The Kier molecular flexibility index (Phi) is 5.15. The van der Waals surface area contributed by atoms with Crippen LogP contribution < -0.4 is 15.1 Å². The normalized spacial score (nSPS) is 11.7. The van der Waals surface area contributed by atoms with E-state index in [1.54, 1.807) is 13.8 Å². The van der Waals surface area contributed by atoms with E-state index in [1.165, 1.54) is 18.2 Å². The van der Waals surface area contributed by atoms with Gasteiger partial charge in [-0.2, -0.15) is 0 Å². The van der Waals surface area contributed by atoms with Crippen LogP contribution >= 0.6 is 7.94 Å². The van der Waals surface area contributed by atoms with Crippen LogP contribution in [-0.4, -0.2) is 13.2 Å². The van der Waals surface area contributed by atoms with Crippen molar-refractivity contribution in [2.45, 2.75) is 20.0 Å². The standard InChI is InChI=1S/C11H17O5P/c1-3-15-17(14,16-4-2)8-9-5-6-10(12)11(13)7-9/h5-7,12-13H,3-4,8H2,1-2H3/p-2. The first-order valence-electron chi connectivity index (χ1n) is 5.36. The molecule has 5 nitrogen and oxygen atoms in total. The molecule has 0 amide bonds. The van der Waals surface area contributed by atoms with Crippen LogP contribution in [0.25, 0.3) is 0 Å². The van der Waals surface area contributed by atoms with Crippen molar-refractivity contribution in [1.82, 2.24) is 0 Å². The van der Waals surface area contributed by atoms with Crippen LogP contribution in [0.4, 0.5) is 0 Å². The minimum atomic E-state index is -3.22. The average Bonchev–Trinajstić information content (AvgIpc) is 2.24. The van der Waals surface area contributed by atoms with Crippen molar-refractivity contribution in [2.75, 3.05) is 13.2 Å². The largest absolute Gasteiger partial charge is 0.873 e. The van der Waals surface area contributed by atoms with Crippen LogP contribution in [0.1, 0.15) is 19.4 Å². The van der Waals surface area contributed by atoms with Gasteiger partial charge < -0.3 is 15.1 Å². The highest BCUT2D eigenvalue weighted by atomic mass is 31.2. The van der Waals surface area contributed by atoms with Gasteiger partial charge in [0.1, 0.15) is 6.16 Å². The van der Waals surface area contributed by atoms with E-state index in [-0.39, 0.29) is 19.4 Å². The maximum absolute atomic E-state index is 12.2. The molecule has 6 heteroatoms. The zero-order valence-electron chi connectivity index (χ0n) is 9.84. The van der Waals surface area contributed by atoms with Gasteiger partial charge in [-0.1, -0.05) is 18.2 Å². The predicted molar refractivity (Wildman–Crippen MR) is 59.2 cm³/mol. The van der Waals surface area contributed by atoms with Crippen LogP contribution in [0.5, 0.6) is 11.5 Å². The molecule has 0 saturated carbocycles. The lowest BCUT2D eigenvalue weighted by molar-refractivity contribution is -0.317. The second kappa shape index (κ2) is 6.17. The summed E-state index contributed by atoms with van der Waals surface area (Å²) in [6.45, 7) is 3.96. The second-order valence-electron chi connectivity index (χ2n) is 3.39. The molecule has 1 rings (SSSR count). The van der Waals surface area contributed by atoms with Gasteiger partial charge in [-0.3, -0.25) is 0 Å². The maximum Gasteiger partial charge on any atom is 0.242 e. The Labute approximate surface area is 101 Å². The van der Waals surface area contributed by atoms with Gasteiger partial charge >= 0.3 is 0 Å². The Morgan fingerprint density at radius 1 is 1.06 bits per heavy atom. The molecule has 0 spiro atoms. The number of benzene rings is 1. The van der Waals surface area contributed by atoms with E-state index in [0.29, 0.717) is 5.56 Å². The molecule has 96 valence electrons. The highest BCUT2D eigenvalue weighted by Crippen LogP contribution is 2.55. The van der Waals surface area contributed by atoms with Crippen molar-refractivity contribution in [2.24, 2.45) is 0 Å². The van der Waals surface area contributed by atoms with Crippen LogP contribution in [-0.2, 0) is 15.2 Å². The van der Waals surface area contributed by atoms with E-state index >= 15 is 0 Å². The zero-order chi connectivity index (χ0) is 12.9. The van der Waals surface area contributed by atoms with Crippen molar-refractivity contribution in [1.29, 1.82) is 0 Å². The van der Waals surface area contributed by atoms with E-state index < -0.39 is 19.4 Å². The van der Waals surface area contributed by atoms with Gasteiger partial charge in [0.15, 0.2) is 0 Å². The van der Waals surface area contributed by atoms with Gasteiger partial charge in [-0.15, -0.1) is 11.5 Å². The first-order valence-corrected chi connectivity index (χ1v) is 7.08. The average molecular weight is 258 g/mol. The molecule has 0 saturated heterocycles. The summed E-state index contributed by atoms with van der Waals surface area (Å²) in [5.74, 6) is -1.18. The highest BCUT2D eigenvalue weighted by Gasteiger charge is 2.29. The molecule has 0 unspecified atom stereocenters. The van der Waals surface area contributed by atoms with Gasteiger partial charge in [-0.25, -0.2) is 9.05 Å². The lowest BCUT2D eigenvalue weighted by atomic mass is 10.2. The Bertz CT molecular complexity index is 363. The molecule has 0 aliphatic heterocycles. The molecule has 0 aliphatic carbocycles. The lowest BCUT2D eigenvalue weighted by Gasteiger charge is -2.27. The third-order valence-corrected chi connectivity index (χ3v) is 4.09. The molecule has 0 aromatic heterocycles. The van der Waals surface area contributed by atoms with Crippen LogP contribution in [0.3, 0.4) is 0 Å². The molecule has 17 heavy (non-hydrogen) atoms. The topological polar surface area (TPSA) is 87.6 Å². The summed E-state index contributed by atoms with van der Waals surface area (Å²) in [5, 5.41) is 22.1. The summed E-state index contributed by atoms with van der Waals surface area (Å²) in [7, 11) is -3.22. The Morgan fingerprint density at radius 3 is 2.12 bits per heavy atom. The summed E-state index contributed by atoms with van der Waals surface area (Å²) in [4.78, 5) is 12.2. The van der Waals surface area contributed by atoms with Crippen molar-refractivity contribution in [3.05, 3.63) is 23.8 Å². The lowest BCUT2D eigenvalue weighted by Crippen LogP contribution is -2.18. The zero-order valence-corrected chi connectivity index (χ0v) is 10.7. The predicted octanol–water partition coefficient (Wildman–Crippen LogP) is 0.530. The maximum atomic E-state index is 12.2. The summed E-state index contributed by atoms with van der Waals surface area (Å²) >= 11 is 0. The van der Waals surface area contributed by atoms with Gasteiger partial charge in [0.2, 0.25) is 7.94 Å². The summed E-state index contributed by atoms with van der Waals surface area (Å²) in [5.41, 5.74) is 0.486. The molecule has 0 aliphatic rings. The van der Waals surface area contributed by atoms with Crippen LogP contribution in [0.2, 0.25) is 0 Å². The molecular formula is C11H15O5P-2. The molecular weight excluding hydrogens is 243 g/mol. The number of rotatable bonds is 6. The van der Waals surface area contributed by atoms with Crippen molar-refractivity contribution >= 4 is 7.94 Å². The summed E-state index contributed by atoms with van der Waals surface area (Å²) in [6.07, 6.45) is 0.00417. The summed E-state index contributed by atoms with van der Waals surface area (Å²) in [6, 6.07) is 3.81. The Balaban J connectivity index is 2.81. The van der Waals surface area contributed by atoms with Crippen molar-refractivity contribution in [3.8, 4) is 11.5 Å². The minimum absolute atomic E-state index is 0.00417. The van der Waals surface area contributed by atoms with Crippen molar-refractivity contribution < 1.29 is 24.2 Å². The minimum Gasteiger partial charge on any atom is -0.873 e. The molecule has 1 aromatic carbocycles. The van der Waals surface area contributed by atoms with E-state index in [0.717, 1.165) is 0 Å². The third kappa shape index (κ3) is 4.13. The fourth-order valence-corrected chi connectivity index (χ4v) is 3.08. The molecule has 0 bridgehead atoms. The van der Waals surface area contributed by atoms with Crippen LogP contribution in [0, 0.1) is 0 Å². The molecule has 1 aromatic rings. The Hall–Kier alpha value is -0.870. The van der Waals surface area contributed by atoms with E-state index in [9.17, 15) is 15.1 Å². The first kappa shape index (κ1) is 14.2. The molecule has 0 atom stereocenters. The van der Waals surface area contributed by atoms with Gasteiger partial charge in [-0.05, 0) is 19.4 Å². The SMILES string of the molecule is CCO[P+]([O-])(Cc1ccc([O-])c([O-])c1)OCC. The smallest absolute Gasteiger partial charge is 0.242 e. The quantitative estimate of drug-likeness (QED) is 0.694.